The summed E-state index contributed by atoms with van der Waals surface area (Å²) in [6, 6.07) is 11.9. The van der Waals surface area contributed by atoms with Crippen molar-refractivity contribution in [3.63, 3.8) is 0 Å². The summed E-state index contributed by atoms with van der Waals surface area (Å²) in [7, 11) is 0. The van der Waals surface area contributed by atoms with Crippen molar-refractivity contribution in [2.24, 2.45) is 0 Å². The lowest BCUT2D eigenvalue weighted by Gasteiger charge is -2.27. The van der Waals surface area contributed by atoms with Crippen LogP contribution >= 0.6 is 23.2 Å². The molecule has 0 radical (unpaired) electrons. The molecule has 0 bridgehead atoms. The summed E-state index contributed by atoms with van der Waals surface area (Å²) in [5, 5.41) is 5.46. The molecule has 0 unspecified atom stereocenters. The molecule has 7 heteroatoms. The molecule has 0 aliphatic carbocycles. The molecule has 4 aromatic heterocycles. The van der Waals surface area contributed by atoms with Gasteiger partial charge in [-0.05, 0) is 42.8 Å². The van der Waals surface area contributed by atoms with E-state index in [1.165, 1.54) is 5.56 Å². The zero-order valence-electron chi connectivity index (χ0n) is 17.3. The molecule has 1 aromatic carbocycles. The van der Waals surface area contributed by atoms with Crippen LogP contribution in [0.15, 0.2) is 61.2 Å². The maximum Gasteiger partial charge on any atom is 0.147 e. The van der Waals surface area contributed by atoms with Gasteiger partial charge in [-0.2, -0.15) is 0 Å². The third kappa shape index (κ3) is 3.08. The zero-order valence-corrected chi connectivity index (χ0v) is 18.8. The Balaban J connectivity index is 1.54. The molecule has 32 heavy (non-hydrogen) atoms. The molecule has 0 amide bonds. The minimum absolute atomic E-state index is 0.528. The third-order valence-electron chi connectivity index (χ3n) is 6.24. The monoisotopic (exact) mass is 459 g/mol. The van der Waals surface area contributed by atoms with Crippen molar-refractivity contribution < 1.29 is 0 Å². The Kier molecular flexibility index (Phi) is 4.65. The van der Waals surface area contributed by atoms with E-state index in [9.17, 15) is 0 Å². The second kappa shape index (κ2) is 7.55. The van der Waals surface area contributed by atoms with E-state index < -0.39 is 0 Å². The number of aromatic nitrogens is 4. The summed E-state index contributed by atoms with van der Waals surface area (Å²) in [4.78, 5) is 14.2. The third-order valence-corrected chi connectivity index (χ3v) is 6.87. The number of hydrogen-bond acceptors (Lipinski definition) is 4. The van der Waals surface area contributed by atoms with Gasteiger partial charge in [0.1, 0.15) is 5.65 Å². The van der Waals surface area contributed by atoms with E-state index in [0.717, 1.165) is 57.7 Å². The van der Waals surface area contributed by atoms with Crippen molar-refractivity contribution >= 4 is 39.8 Å². The first-order chi connectivity index (χ1) is 15.6. The molecule has 1 aliphatic heterocycles. The van der Waals surface area contributed by atoms with Crippen molar-refractivity contribution in [2.75, 3.05) is 13.1 Å². The van der Waals surface area contributed by atoms with Gasteiger partial charge in [0.25, 0.3) is 0 Å². The first-order valence-electron chi connectivity index (χ1n) is 10.5. The van der Waals surface area contributed by atoms with E-state index in [2.05, 4.69) is 26.8 Å². The smallest absolute Gasteiger partial charge is 0.147 e. The molecule has 0 saturated carbocycles. The number of fused-ring (bicyclic) bond motifs is 3. The molecule has 1 N–H and O–H groups in total. The van der Waals surface area contributed by atoms with Crippen LogP contribution in [0.25, 0.3) is 38.9 Å². The van der Waals surface area contributed by atoms with Crippen LogP contribution in [0.2, 0.25) is 10.0 Å². The van der Waals surface area contributed by atoms with Crippen molar-refractivity contribution in [2.45, 2.75) is 12.8 Å². The van der Waals surface area contributed by atoms with Crippen LogP contribution < -0.4 is 5.32 Å². The van der Waals surface area contributed by atoms with E-state index in [4.69, 9.17) is 33.2 Å². The summed E-state index contributed by atoms with van der Waals surface area (Å²) in [5.74, 6) is 0.528. The van der Waals surface area contributed by atoms with Gasteiger partial charge in [0.15, 0.2) is 0 Å². The number of halogens is 2. The lowest BCUT2D eigenvalue weighted by molar-refractivity contribution is 0.447. The summed E-state index contributed by atoms with van der Waals surface area (Å²) in [6.45, 7) is 4.03. The van der Waals surface area contributed by atoms with Crippen molar-refractivity contribution in [1.82, 2.24) is 24.7 Å². The minimum atomic E-state index is 0.528. The van der Waals surface area contributed by atoms with Crippen molar-refractivity contribution in [1.29, 1.82) is 0 Å². The Morgan fingerprint density at radius 2 is 1.78 bits per heavy atom. The highest BCUT2D eigenvalue weighted by Crippen LogP contribution is 2.37. The van der Waals surface area contributed by atoms with Crippen LogP contribution in [-0.2, 0) is 0 Å². The van der Waals surface area contributed by atoms with Gasteiger partial charge < -0.3 is 9.72 Å². The molecule has 5 heterocycles. The number of aryl methyl sites for hydroxylation is 1. The van der Waals surface area contributed by atoms with Gasteiger partial charge in [0.2, 0.25) is 0 Å². The van der Waals surface area contributed by atoms with Gasteiger partial charge in [0.05, 0.1) is 21.3 Å². The number of nitrogens with zero attached hydrogens (tertiary/aromatic N) is 4. The zero-order chi connectivity index (χ0) is 21.8. The van der Waals surface area contributed by atoms with Gasteiger partial charge in [0, 0.05) is 71.6 Å². The average molecular weight is 460 g/mol. The standard InChI is InChI=1S/C25H19Cl2N5/c1-14-24(23-20(26)3-2-4-21(23)27)31-25-19-8-17(13-30-22(19)5-6-32(14)25)15-7-16(10-28-9-15)18-11-29-12-18/h2-10,13,18,29H,11-12H2,1H3. The quantitative estimate of drug-likeness (QED) is 0.364. The molecule has 158 valence electrons. The molecular formula is C25H19Cl2N5. The number of rotatable bonds is 3. The fourth-order valence-corrected chi connectivity index (χ4v) is 4.88. The Bertz CT molecular complexity index is 1480. The molecule has 5 aromatic rings. The Labute approximate surface area is 195 Å². The molecular weight excluding hydrogens is 441 g/mol. The van der Waals surface area contributed by atoms with Gasteiger partial charge in [-0.15, -0.1) is 0 Å². The molecule has 0 atom stereocenters. The van der Waals surface area contributed by atoms with Crippen molar-refractivity contribution in [3.8, 4) is 22.4 Å². The summed E-state index contributed by atoms with van der Waals surface area (Å²) in [5.41, 5.74) is 7.55. The van der Waals surface area contributed by atoms with E-state index in [1.807, 2.05) is 56.0 Å². The van der Waals surface area contributed by atoms with Crippen LogP contribution in [0.3, 0.4) is 0 Å². The predicted molar refractivity (Wildman–Crippen MR) is 130 cm³/mol. The molecule has 1 saturated heterocycles. The Morgan fingerprint density at radius 3 is 2.53 bits per heavy atom. The molecule has 1 fully saturated rings. The Morgan fingerprint density at radius 1 is 1.00 bits per heavy atom. The van der Waals surface area contributed by atoms with E-state index >= 15 is 0 Å². The SMILES string of the molecule is Cc1c(-c2c(Cl)cccc2Cl)nc2c3cc(-c4cncc(C5CNC5)c4)cnc3ccn12. The number of imidazole rings is 1. The van der Waals surface area contributed by atoms with Gasteiger partial charge in [-0.25, -0.2) is 4.98 Å². The molecule has 0 spiro atoms. The first kappa shape index (κ1) is 19.7. The number of benzene rings is 1. The van der Waals surface area contributed by atoms with Gasteiger partial charge >= 0.3 is 0 Å². The second-order valence-corrected chi connectivity index (χ2v) is 8.99. The van der Waals surface area contributed by atoms with Crippen LogP contribution in [0, 0.1) is 6.92 Å². The van der Waals surface area contributed by atoms with E-state index in [-0.39, 0.29) is 0 Å². The summed E-state index contributed by atoms with van der Waals surface area (Å²) < 4.78 is 2.07. The highest BCUT2D eigenvalue weighted by atomic mass is 35.5. The normalized spacial score (nSPS) is 14.2. The lowest BCUT2D eigenvalue weighted by Crippen LogP contribution is -2.39. The maximum absolute atomic E-state index is 6.49. The number of nitrogens with one attached hydrogen (secondary N) is 1. The van der Waals surface area contributed by atoms with Gasteiger partial charge in [-0.1, -0.05) is 29.3 Å². The molecule has 6 rings (SSSR count). The number of hydrogen-bond donors (Lipinski definition) is 1. The fraction of sp³-hybridized carbons (Fsp3) is 0.160. The second-order valence-electron chi connectivity index (χ2n) is 8.17. The first-order valence-corrected chi connectivity index (χ1v) is 11.2. The van der Waals surface area contributed by atoms with Crippen LogP contribution in [0.5, 0.6) is 0 Å². The van der Waals surface area contributed by atoms with E-state index in [1.54, 1.807) is 0 Å². The summed E-state index contributed by atoms with van der Waals surface area (Å²) >= 11 is 13.0. The highest BCUT2D eigenvalue weighted by Gasteiger charge is 2.20. The largest absolute Gasteiger partial charge is 0.315 e. The lowest BCUT2D eigenvalue weighted by atomic mass is 9.93. The fourth-order valence-electron chi connectivity index (χ4n) is 4.30. The van der Waals surface area contributed by atoms with E-state index in [0.29, 0.717) is 16.0 Å². The van der Waals surface area contributed by atoms with Crippen molar-refractivity contribution in [3.05, 3.63) is 82.5 Å². The Hall–Kier alpha value is -2.99. The minimum Gasteiger partial charge on any atom is -0.315 e. The van der Waals surface area contributed by atoms with Crippen LogP contribution in [0.1, 0.15) is 17.2 Å². The summed E-state index contributed by atoms with van der Waals surface area (Å²) in [6.07, 6.45) is 7.75. The topological polar surface area (TPSA) is 55.1 Å². The molecule has 5 nitrogen and oxygen atoms in total. The van der Waals surface area contributed by atoms with Crippen LogP contribution in [0.4, 0.5) is 0 Å². The average Bonchev–Trinajstić information content (AvgIpc) is 3.09. The van der Waals surface area contributed by atoms with Gasteiger partial charge in [-0.3, -0.25) is 9.97 Å². The molecule has 1 aliphatic rings. The predicted octanol–water partition coefficient (Wildman–Crippen LogP) is 5.91. The maximum atomic E-state index is 6.49. The van der Waals surface area contributed by atoms with Crippen LogP contribution in [-0.4, -0.2) is 32.4 Å². The number of pyridine rings is 3. The highest BCUT2D eigenvalue weighted by molar-refractivity contribution is 6.39.